The summed E-state index contributed by atoms with van der Waals surface area (Å²) in [5, 5.41) is 5.22. The summed E-state index contributed by atoms with van der Waals surface area (Å²) in [6, 6.07) is 13.0. The third-order valence-corrected chi connectivity index (χ3v) is 3.73. The lowest BCUT2D eigenvalue weighted by atomic mass is 10.2. The lowest BCUT2D eigenvalue weighted by molar-refractivity contribution is -0.123. The monoisotopic (exact) mass is 414 g/mol. The Bertz CT molecular complexity index is 920. The van der Waals surface area contributed by atoms with Crippen molar-refractivity contribution in [3.05, 3.63) is 54.1 Å². The van der Waals surface area contributed by atoms with Gasteiger partial charge < -0.3 is 19.5 Å². The summed E-state index contributed by atoms with van der Waals surface area (Å²) in [5.74, 6) is -0.595. The van der Waals surface area contributed by atoms with Crippen molar-refractivity contribution in [2.75, 3.05) is 17.7 Å². The molecule has 2 amide bonds. The molecule has 160 valence electrons. The summed E-state index contributed by atoms with van der Waals surface area (Å²) >= 11 is 0. The van der Waals surface area contributed by atoms with E-state index in [0.717, 1.165) is 0 Å². The molecule has 8 nitrogen and oxygen atoms in total. The van der Waals surface area contributed by atoms with Crippen molar-refractivity contribution in [1.82, 2.24) is 0 Å². The van der Waals surface area contributed by atoms with Gasteiger partial charge in [0.25, 0.3) is 5.91 Å². The van der Waals surface area contributed by atoms with Crippen LogP contribution in [0.3, 0.4) is 0 Å². The first-order valence-corrected chi connectivity index (χ1v) is 9.33. The first-order chi connectivity index (χ1) is 14.1. The Morgan fingerprint density at radius 3 is 2.20 bits per heavy atom. The number of carbonyl (C=O) groups is 3. The van der Waals surface area contributed by atoms with E-state index in [1.54, 1.807) is 57.2 Å². The molecular weight excluding hydrogens is 388 g/mol. The Balaban J connectivity index is 1.97. The standard InChI is InChI=1S/C22H26N2O6/c1-14(19(25)23-17-10-7-11-18(13-17)28-5)29-20(26)15-8-6-9-16(12-15)24-21(27)30-22(2,3)4/h6-14H,1-5H3,(H,23,25)(H,24,27)/t14-/m0/s1. The maximum Gasteiger partial charge on any atom is 0.412 e. The van der Waals surface area contributed by atoms with Gasteiger partial charge in [0.05, 0.1) is 12.7 Å². The molecule has 2 rings (SSSR count). The van der Waals surface area contributed by atoms with Crippen molar-refractivity contribution in [2.24, 2.45) is 0 Å². The van der Waals surface area contributed by atoms with Crippen molar-refractivity contribution in [3.63, 3.8) is 0 Å². The highest BCUT2D eigenvalue weighted by molar-refractivity contribution is 5.98. The molecule has 30 heavy (non-hydrogen) atoms. The number of esters is 1. The van der Waals surface area contributed by atoms with Crippen LogP contribution in [0.15, 0.2) is 48.5 Å². The topological polar surface area (TPSA) is 103 Å². The molecule has 0 fully saturated rings. The van der Waals surface area contributed by atoms with Gasteiger partial charge in [0.1, 0.15) is 11.4 Å². The number of hydrogen-bond acceptors (Lipinski definition) is 6. The number of anilines is 2. The molecular formula is C22H26N2O6. The minimum Gasteiger partial charge on any atom is -0.497 e. The number of ether oxygens (including phenoxy) is 3. The van der Waals surface area contributed by atoms with E-state index in [1.807, 2.05) is 0 Å². The summed E-state index contributed by atoms with van der Waals surface area (Å²) in [7, 11) is 1.52. The fraction of sp³-hybridized carbons (Fsp3) is 0.318. The van der Waals surface area contributed by atoms with E-state index in [-0.39, 0.29) is 5.56 Å². The van der Waals surface area contributed by atoms with Gasteiger partial charge in [-0.25, -0.2) is 9.59 Å². The molecule has 0 saturated carbocycles. The zero-order valence-corrected chi connectivity index (χ0v) is 17.6. The van der Waals surface area contributed by atoms with Crippen LogP contribution < -0.4 is 15.4 Å². The van der Waals surface area contributed by atoms with E-state index < -0.39 is 29.7 Å². The highest BCUT2D eigenvalue weighted by Crippen LogP contribution is 2.18. The third-order valence-electron chi connectivity index (χ3n) is 3.73. The van der Waals surface area contributed by atoms with Crippen LogP contribution in [0.1, 0.15) is 38.1 Å². The van der Waals surface area contributed by atoms with E-state index in [9.17, 15) is 14.4 Å². The molecule has 2 N–H and O–H groups in total. The second kappa shape index (κ2) is 9.78. The lowest BCUT2D eigenvalue weighted by Gasteiger charge is -2.19. The normalized spacial score (nSPS) is 11.8. The van der Waals surface area contributed by atoms with Crippen molar-refractivity contribution in [2.45, 2.75) is 39.4 Å². The van der Waals surface area contributed by atoms with Crippen LogP contribution in [-0.2, 0) is 14.3 Å². The second-order valence-electron chi connectivity index (χ2n) is 7.48. The summed E-state index contributed by atoms with van der Waals surface area (Å²) in [6.45, 7) is 6.71. The quantitative estimate of drug-likeness (QED) is 0.686. The smallest absolute Gasteiger partial charge is 0.412 e. The molecule has 0 unspecified atom stereocenters. The van der Waals surface area contributed by atoms with E-state index in [2.05, 4.69) is 10.6 Å². The zero-order chi connectivity index (χ0) is 22.3. The number of amides is 2. The second-order valence-corrected chi connectivity index (χ2v) is 7.48. The number of hydrogen-bond donors (Lipinski definition) is 2. The van der Waals surface area contributed by atoms with Crippen LogP contribution in [0, 0.1) is 0 Å². The average molecular weight is 414 g/mol. The van der Waals surface area contributed by atoms with Crippen LogP contribution >= 0.6 is 0 Å². The summed E-state index contributed by atoms with van der Waals surface area (Å²) < 4.78 is 15.5. The first-order valence-electron chi connectivity index (χ1n) is 9.33. The predicted octanol–water partition coefficient (Wildman–Crippen LogP) is 4.23. The van der Waals surface area contributed by atoms with E-state index in [1.165, 1.54) is 26.2 Å². The molecule has 0 heterocycles. The molecule has 0 aliphatic rings. The predicted molar refractivity (Wildman–Crippen MR) is 113 cm³/mol. The maximum absolute atomic E-state index is 12.4. The fourth-order valence-corrected chi connectivity index (χ4v) is 2.37. The largest absolute Gasteiger partial charge is 0.497 e. The van der Waals surface area contributed by atoms with Gasteiger partial charge in [-0.1, -0.05) is 12.1 Å². The van der Waals surface area contributed by atoms with Gasteiger partial charge in [-0.2, -0.15) is 0 Å². The van der Waals surface area contributed by atoms with Gasteiger partial charge in [0.2, 0.25) is 0 Å². The van der Waals surface area contributed by atoms with Gasteiger partial charge >= 0.3 is 12.1 Å². The zero-order valence-electron chi connectivity index (χ0n) is 17.6. The number of carbonyl (C=O) groups excluding carboxylic acids is 3. The molecule has 1 atom stereocenters. The van der Waals surface area contributed by atoms with Crippen molar-refractivity contribution in [3.8, 4) is 5.75 Å². The Labute approximate surface area is 175 Å². The Kier molecular flexibility index (Phi) is 7.41. The van der Waals surface area contributed by atoms with Gasteiger partial charge in [0.15, 0.2) is 6.10 Å². The SMILES string of the molecule is COc1cccc(NC(=O)[C@H](C)OC(=O)c2cccc(NC(=O)OC(C)(C)C)c2)c1. The third kappa shape index (κ3) is 7.12. The van der Waals surface area contributed by atoms with Gasteiger partial charge in [-0.15, -0.1) is 0 Å². The highest BCUT2D eigenvalue weighted by atomic mass is 16.6. The van der Waals surface area contributed by atoms with E-state index in [4.69, 9.17) is 14.2 Å². The van der Waals surface area contributed by atoms with Crippen LogP contribution in [0.25, 0.3) is 0 Å². The van der Waals surface area contributed by atoms with Crippen LogP contribution in [0.5, 0.6) is 5.75 Å². The molecule has 2 aromatic carbocycles. The molecule has 8 heteroatoms. The van der Waals surface area contributed by atoms with E-state index >= 15 is 0 Å². The van der Waals surface area contributed by atoms with Crippen molar-refractivity contribution < 1.29 is 28.6 Å². The Morgan fingerprint density at radius 2 is 1.57 bits per heavy atom. The van der Waals surface area contributed by atoms with Gasteiger partial charge in [-0.3, -0.25) is 10.1 Å². The lowest BCUT2D eigenvalue weighted by Crippen LogP contribution is -2.30. The minimum atomic E-state index is -1.04. The van der Waals surface area contributed by atoms with Crippen molar-refractivity contribution >= 4 is 29.3 Å². The summed E-state index contributed by atoms with van der Waals surface area (Å²) in [6.07, 6.45) is -1.68. The Hall–Kier alpha value is -3.55. The summed E-state index contributed by atoms with van der Waals surface area (Å²) in [5.41, 5.74) is 0.425. The van der Waals surface area contributed by atoms with Crippen molar-refractivity contribution in [1.29, 1.82) is 0 Å². The van der Waals surface area contributed by atoms with Crippen LogP contribution in [0.4, 0.5) is 16.2 Å². The Morgan fingerprint density at radius 1 is 0.933 bits per heavy atom. The molecule has 2 aromatic rings. The fourth-order valence-electron chi connectivity index (χ4n) is 2.37. The molecule has 0 aliphatic heterocycles. The number of methoxy groups -OCH3 is 1. The maximum atomic E-state index is 12.4. The van der Waals surface area contributed by atoms with Gasteiger partial charge in [-0.05, 0) is 58.0 Å². The number of nitrogens with one attached hydrogen (secondary N) is 2. The first kappa shape index (κ1) is 22.7. The molecule has 0 aromatic heterocycles. The molecule has 0 spiro atoms. The van der Waals surface area contributed by atoms with Crippen LogP contribution in [-0.4, -0.2) is 36.8 Å². The molecule has 0 bridgehead atoms. The molecule has 0 radical (unpaired) electrons. The molecule has 0 saturated heterocycles. The number of benzene rings is 2. The van der Waals surface area contributed by atoms with E-state index in [0.29, 0.717) is 17.1 Å². The highest BCUT2D eigenvalue weighted by Gasteiger charge is 2.20. The minimum absolute atomic E-state index is 0.185. The molecule has 0 aliphatic carbocycles. The van der Waals surface area contributed by atoms with Crippen LogP contribution in [0.2, 0.25) is 0 Å². The summed E-state index contributed by atoms with van der Waals surface area (Å²) in [4.78, 5) is 36.6. The van der Waals surface area contributed by atoms with Gasteiger partial charge in [0, 0.05) is 17.4 Å². The number of rotatable bonds is 6. The average Bonchev–Trinajstić information content (AvgIpc) is 2.66.